The molecule has 140 valence electrons. The molecule has 0 unspecified atom stereocenters. The average molecular weight is 367 g/mol. The van der Waals surface area contributed by atoms with E-state index in [4.69, 9.17) is 13.9 Å². The second-order valence-corrected chi connectivity index (χ2v) is 5.93. The van der Waals surface area contributed by atoms with E-state index in [2.05, 4.69) is 5.32 Å². The molecular formula is C21H21NO5. The van der Waals surface area contributed by atoms with Crippen LogP contribution in [0.25, 0.3) is 11.0 Å². The Balaban J connectivity index is 1.75. The lowest BCUT2D eigenvalue weighted by Gasteiger charge is -2.09. The van der Waals surface area contributed by atoms with Crippen molar-refractivity contribution in [2.24, 2.45) is 0 Å². The summed E-state index contributed by atoms with van der Waals surface area (Å²) in [6.45, 7) is 2.80. The molecule has 0 spiro atoms. The van der Waals surface area contributed by atoms with E-state index in [1.54, 1.807) is 25.3 Å². The van der Waals surface area contributed by atoms with Crippen molar-refractivity contribution in [3.8, 4) is 11.5 Å². The van der Waals surface area contributed by atoms with Crippen LogP contribution in [0, 0.1) is 0 Å². The first-order chi connectivity index (χ1) is 13.1. The fourth-order valence-electron chi connectivity index (χ4n) is 2.83. The van der Waals surface area contributed by atoms with Crippen LogP contribution in [0.15, 0.2) is 57.7 Å². The van der Waals surface area contributed by atoms with Crippen LogP contribution in [0.5, 0.6) is 11.5 Å². The highest BCUT2D eigenvalue weighted by Crippen LogP contribution is 2.22. The number of nitrogens with one attached hydrogen (secondary N) is 1. The van der Waals surface area contributed by atoms with Gasteiger partial charge < -0.3 is 19.2 Å². The van der Waals surface area contributed by atoms with Crippen LogP contribution >= 0.6 is 0 Å². The van der Waals surface area contributed by atoms with Gasteiger partial charge in [0, 0.05) is 24.1 Å². The molecule has 3 aromatic rings. The van der Waals surface area contributed by atoms with Crippen LogP contribution < -0.4 is 20.4 Å². The zero-order valence-corrected chi connectivity index (χ0v) is 15.3. The van der Waals surface area contributed by atoms with Gasteiger partial charge in [-0.05, 0) is 43.2 Å². The standard InChI is InChI=1S/C21H21NO5/c1-3-26-16-7-8-17-18(13-20(23)27-19(17)12-16)21(24)22-10-9-14-5-4-6-15(11-14)25-2/h4-8,11-13H,3,9-10H2,1-2H3,(H,22,24). The van der Waals surface area contributed by atoms with Gasteiger partial charge in [-0.2, -0.15) is 0 Å². The summed E-state index contributed by atoms with van der Waals surface area (Å²) in [6, 6.07) is 14.0. The Labute approximate surface area is 156 Å². The Morgan fingerprint density at radius 1 is 1.11 bits per heavy atom. The van der Waals surface area contributed by atoms with Crippen molar-refractivity contribution in [2.45, 2.75) is 13.3 Å². The fourth-order valence-corrected chi connectivity index (χ4v) is 2.83. The molecule has 27 heavy (non-hydrogen) atoms. The molecule has 6 nitrogen and oxygen atoms in total. The van der Waals surface area contributed by atoms with Crippen LogP contribution in [-0.2, 0) is 6.42 Å². The second-order valence-electron chi connectivity index (χ2n) is 5.93. The highest BCUT2D eigenvalue weighted by molar-refractivity contribution is 6.05. The summed E-state index contributed by atoms with van der Waals surface area (Å²) < 4.78 is 15.8. The first-order valence-electron chi connectivity index (χ1n) is 8.72. The van der Waals surface area contributed by atoms with Crippen LogP contribution in [-0.4, -0.2) is 26.2 Å². The Morgan fingerprint density at radius 2 is 1.96 bits per heavy atom. The highest BCUT2D eigenvalue weighted by Gasteiger charge is 2.13. The van der Waals surface area contributed by atoms with E-state index in [9.17, 15) is 9.59 Å². The zero-order chi connectivity index (χ0) is 19.2. The van der Waals surface area contributed by atoms with Crippen molar-refractivity contribution < 1.29 is 18.7 Å². The maximum Gasteiger partial charge on any atom is 0.337 e. The fraction of sp³-hybridized carbons (Fsp3) is 0.238. The predicted molar refractivity (Wildman–Crippen MR) is 103 cm³/mol. The number of hydrogen-bond acceptors (Lipinski definition) is 5. The summed E-state index contributed by atoms with van der Waals surface area (Å²) in [4.78, 5) is 24.4. The topological polar surface area (TPSA) is 77.8 Å². The monoisotopic (exact) mass is 367 g/mol. The maximum atomic E-state index is 12.6. The lowest BCUT2D eigenvalue weighted by molar-refractivity contribution is 0.0955. The van der Waals surface area contributed by atoms with Gasteiger partial charge in [-0.15, -0.1) is 0 Å². The molecule has 0 radical (unpaired) electrons. The van der Waals surface area contributed by atoms with Crippen LogP contribution in [0.2, 0.25) is 0 Å². The van der Waals surface area contributed by atoms with Crippen LogP contribution in [0.3, 0.4) is 0 Å². The molecule has 0 aliphatic heterocycles. The average Bonchev–Trinajstić information content (AvgIpc) is 2.67. The van der Waals surface area contributed by atoms with Crippen LogP contribution in [0.1, 0.15) is 22.8 Å². The Morgan fingerprint density at radius 3 is 2.74 bits per heavy atom. The second kappa shape index (κ2) is 8.40. The molecule has 6 heteroatoms. The lowest BCUT2D eigenvalue weighted by atomic mass is 10.1. The molecule has 3 rings (SSSR count). The number of amides is 1. The van der Waals surface area contributed by atoms with Crippen molar-refractivity contribution in [1.29, 1.82) is 0 Å². The Kier molecular flexibility index (Phi) is 5.76. The molecule has 1 amide bonds. The summed E-state index contributed by atoms with van der Waals surface area (Å²) in [5.41, 5.74) is 1.09. The number of carbonyl (C=O) groups is 1. The van der Waals surface area contributed by atoms with E-state index < -0.39 is 5.63 Å². The largest absolute Gasteiger partial charge is 0.497 e. The maximum absolute atomic E-state index is 12.6. The summed E-state index contributed by atoms with van der Waals surface area (Å²) in [5, 5.41) is 3.42. The quantitative estimate of drug-likeness (QED) is 0.649. The van der Waals surface area contributed by atoms with Gasteiger partial charge in [0.2, 0.25) is 0 Å². The molecule has 0 aliphatic rings. The molecule has 1 N–H and O–H groups in total. The van der Waals surface area contributed by atoms with Crippen molar-refractivity contribution >= 4 is 16.9 Å². The number of fused-ring (bicyclic) bond motifs is 1. The van der Waals surface area contributed by atoms with Crippen molar-refractivity contribution in [2.75, 3.05) is 20.3 Å². The summed E-state index contributed by atoms with van der Waals surface area (Å²) in [6.07, 6.45) is 0.650. The van der Waals surface area contributed by atoms with E-state index >= 15 is 0 Å². The van der Waals surface area contributed by atoms with E-state index in [1.807, 2.05) is 31.2 Å². The van der Waals surface area contributed by atoms with Gasteiger partial charge in [0.25, 0.3) is 5.91 Å². The van der Waals surface area contributed by atoms with Gasteiger partial charge in [0.1, 0.15) is 17.1 Å². The van der Waals surface area contributed by atoms with E-state index in [0.717, 1.165) is 11.3 Å². The molecule has 0 atom stereocenters. The lowest BCUT2D eigenvalue weighted by Crippen LogP contribution is -2.26. The smallest absolute Gasteiger partial charge is 0.337 e. The first-order valence-corrected chi connectivity index (χ1v) is 8.72. The third-order valence-corrected chi connectivity index (χ3v) is 4.10. The predicted octanol–water partition coefficient (Wildman–Crippen LogP) is 3.17. The zero-order valence-electron chi connectivity index (χ0n) is 15.3. The molecule has 0 fully saturated rings. The van der Waals surface area contributed by atoms with Crippen molar-refractivity contribution in [3.63, 3.8) is 0 Å². The normalized spacial score (nSPS) is 10.6. The number of benzene rings is 2. The van der Waals surface area contributed by atoms with Crippen molar-refractivity contribution in [1.82, 2.24) is 5.32 Å². The molecule has 1 heterocycles. The molecule has 0 aliphatic carbocycles. The van der Waals surface area contributed by atoms with Gasteiger partial charge >= 0.3 is 5.63 Å². The van der Waals surface area contributed by atoms with E-state index in [0.29, 0.717) is 36.3 Å². The van der Waals surface area contributed by atoms with Gasteiger partial charge in [0.15, 0.2) is 0 Å². The number of hydrogen-bond donors (Lipinski definition) is 1. The minimum absolute atomic E-state index is 0.287. The number of rotatable bonds is 7. The van der Waals surface area contributed by atoms with Gasteiger partial charge in [0.05, 0.1) is 19.3 Å². The molecule has 2 aromatic carbocycles. The van der Waals surface area contributed by atoms with Gasteiger partial charge in [-0.25, -0.2) is 4.79 Å². The SMILES string of the molecule is CCOc1ccc2c(C(=O)NCCc3cccc(OC)c3)cc(=O)oc2c1. The minimum Gasteiger partial charge on any atom is -0.497 e. The van der Waals surface area contributed by atoms with Crippen molar-refractivity contribution in [3.05, 3.63) is 70.1 Å². The third-order valence-electron chi connectivity index (χ3n) is 4.10. The van der Waals surface area contributed by atoms with E-state index in [-0.39, 0.29) is 11.5 Å². The highest BCUT2D eigenvalue weighted by atomic mass is 16.5. The number of ether oxygens (including phenoxy) is 2. The molecule has 1 aromatic heterocycles. The third kappa shape index (κ3) is 4.47. The number of methoxy groups -OCH3 is 1. The summed E-state index contributed by atoms with van der Waals surface area (Å²) in [7, 11) is 1.62. The van der Waals surface area contributed by atoms with Crippen LogP contribution in [0.4, 0.5) is 0 Å². The minimum atomic E-state index is -0.575. The van der Waals surface area contributed by atoms with E-state index in [1.165, 1.54) is 6.07 Å². The molecule has 0 saturated heterocycles. The van der Waals surface area contributed by atoms with Gasteiger partial charge in [-0.3, -0.25) is 4.79 Å². The molecular weight excluding hydrogens is 346 g/mol. The Hall–Kier alpha value is -3.28. The summed E-state index contributed by atoms with van der Waals surface area (Å²) in [5.74, 6) is 1.04. The molecule has 0 saturated carbocycles. The first kappa shape index (κ1) is 18.5. The Bertz CT molecular complexity index is 1010. The molecule has 0 bridgehead atoms. The number of carbonyl (C=O) groups excluding carboxylic acids is 1. The summed E-state index contributed by atoms with van der Waals surface area (Å²) >= 11 is 0. The van der Waals surface area contributed by atoms with Gasteiger partial charge in [-0.1, -0.05) is 12.1 Å².